The number of unbranched alkanes of at least 4 members (excludes halogenated alkanes) is 2. The fourth-order valence-corrected chi connectivity index (χ4v) is 4.15. The number of carbonyl (C=O) groups excluding carboxylic acids is 2. The predicted octanol–water partition coefficient (Wildman–Crippen LogP) is 6.92. The summed E-state index contributed by atoms with van der Waals surface area (Å²) in [6.45, 7) is 4.01. The Morgan fingerprint density at radius 3 is 2.70 bits per heavy atom. The summed E-state index contributed by atoms with van der Waals surface area (Å²) < 4.78 is 48.9. The van der Waals surface area contributed by atoms with Crippen molar-refractivity contribution in [3.05, 3.63) is 42.0 Å². The maximum Gasteiger partial charge on any atom is 0.416 e. The number of ether oxygens (including phenoxy) is 2. The molecule has 0 heterocycles. The van der Waals surface area contributed by atoms with Crippen molar-refractivity contribution in [2.75, 3.05) is 6.61 Å². The van der Waals surface area contributed by atoms with E-state index < -0.39 is 11.7 Å². The van der Waals surface area contributed by atoms with Crippen molar-refractivity contribution >= 4 is 11.8 Å². The van der Waals surface area contributed by atoms with Gasteiger partial charge in [0.15, 0.2) is 0 Å². The maximum atomic E-state index is 12.8. The van der Waals surface area contributed by atoms with Crippen molar-refractivity contribution in [1.29, 1.82) is 0 Å². The van der Waals surface area contributed by atoms with Crippen LogP contribution in [0.3, 0.4) is 0 Å². The van der Waals surface area contributed by atoms with Gasteiger partial charge in [0, 0.05) is 18.8 Å². The molecule has 1 fully saturated rings. The van der Waals surface area contributed by atoms with Crippen LogP contribution >= 0.6 is 0 Å². The Labute approximate surface area is 194 Å². The molecule has 0 bridgehead atoms. The van der Waals surface area contributed by atoms with Crippen molar-refractivity contribution in [3.63, 3.8) is 0 Å². The van der Waals surface area contributed by atoms with Crippen molar-refractivity contribution in [1.82, 2.24) is 0 Å². The smallest absolute Gasteiger partial charge is 0.416 e. The lowest BCUT2D eigenvalue weighted by Gasteiger charge is -2.17. The van der Waals surface area contributed by atoms with E-state index in [-0.39, 0.29) is 23.7 Å². The van der Waals surface area contributed by atoms with Gasteiger partial charge >= 0.3 is 12.1 Å². The van der Waals surface area contributed by atoms with Gasteiger partial charge in [0.05, 0.1) is 18.3 Å². The Bertz CT molecular complexity index is 786. The van der Waals surface area contributed by atoms with Gasteiger partial charge in [-0.05, 0) is 82.9 Å². The summed E-state index contributed by atoms with van der Waals surface area (Å²) in [4.78, 5) is 23.8. The normalized spacial score (nSPS) is 18.9. The summed E-state index contributed by atoms with van der Waals surface area (Å²) in [5.41, 5.74) is -0.712. The molecule has 1 aliphatic carbocycles. The molecule has 0 amide bonds. The number of esters is 1. The largest absolute Gasteiger partial charge is 0.494 e. The Kier molecular flexibility index (Phi) is 10.9. The van der Waals surface area contributed by atoms with E-state index >= 15 is 0 Å². The Morgan fingerprint density at radius 2 is 1.97 bits per heavy atom. The molecule has 0 unspecified atom stereocenters. The molecule has 2 atom stereocenters. The minimum atomic E-state index is -4.38. The zero-order valence-corrected chi connectivity index (χ0v) is 19.5. The minimum absolute atomic E-state index is 0.0385. The summed E-state index contributed by atoms with van der Waals surface area (Å²) in [5.74, 6) is 0.737. The van der Waals surface area contributed by atoms with E-state index in [1.807, 2.05) is 26.0 Å². The van der Waals surface area contributed by atoms with Crippen molar-refractivity contribution < 1.29 is 32.2 Å². The number of hydrogen-bond donors (Lipinski definition) is 0. The van der Waals surface area contributed by atoms with Gasteiger partial charge < -0.3 is 9.47 Å². The molecule has 0 radical (unpaired) electrons. The second-order valence-corrected chi connectivity index (χ2v) is 8.88. The SMILES string of the molecule is CC(C)OC(=O)CCC/C=C\C[C@H]1C(=O)CC[C@@H]1CCCCOc1cccc(C(F)(F)F)c1. The summed E-state index contributed by atoms with van der Waals surface area (Å²) in [7, 11) is 0. The van der Waals surface area contributed by atoms with Crippen LogP contribution in [-0.2, 0) is 20.5 Å². The van der Waals surface area contributed by atoms with Gasteiger partial charge in [0.1, 0.15) is 11.5 Å². The molecule has 33 heavy (non-hydrogen) atoms. The van der Waals surface area contributed by atoms with Gasteiger partial charge in [-0.25, -0.2) is 0 Å². The zero-order valence-electron chi connectivity index (χ0n) is 19.5. The van der Waals surface area contributed by atoms with Crippen molar-refractivity contribution in [2.24, 2.45) is 11.8 Å². The number of hydrogen-bond acceptors (Lipinski definition) is 4. The number of alkyl halides is 3. The first-order valence-corrected chi connectivity index (χ1v) is 11.8. The molecule has 0 N–H and O–H groups in total. The van der Waals surface area contributed by atoms with Crippen molar-refractivity contribution in [3.8, 4) is 5.75 Å². The van der Waals surface area contributed by atoms with Crippen LogP contribution in [0.15, 0.2) is 36.4 Å². The number of Topliss-reactive ketones (excluding diaryl/α,β-unsaturated/α-hetero) is 1. The van der Waals surface area contributed by atoms with Gasteiger partial charge in [0.2, 0.25) is 0 Å². The van der Waals surface area contributed by atoms with Crippen LogP contribution in [0.25, 0.3) is 0 Å². The first kappa shape index (κ1) is 26.9. The number of halogens is 3. The van der Waals surface area contributed by atoms with E-state index in [2.05, 4.69) is 0 Å². The minimum Gasteiger partial charge on any atom is -0.494 e. The summed E-state index contributed by atoms with van der Waals surface area (Å²) >= 11 is 0. The standard InChI is InChI=1S/C26H35F3O4/c1-19(2)33-25(31)14-6-4-3-5-13-23-20(15-16-24(23)30)10-7-8-17-32-22-12-9-11-21(18-22)26(27,28)29/h3,5,9,11-12,18-20,23H,4,6-8,10,13-17H2,1-2H3/b5-3-/t20-,23+/m0/s1. The lowest BCUT2D eigenvalue weighted by molar-refractivity contribution is -0.147. The maximum absolute atomic E-state index is 12.8. The average Bonchev–Trinajstić information content (AvgIpc) is 3.09. The number of carbonyl (C=O) groups is 2. The number of rotatable bonds is 13. The Morgan fingerprint density at radius 1 is 1.18 bits per heavy atom. The van der Waals surface area contributed by atoms with Crippen LogP contribution < -0.4 is 4.74 Å². The molecule has 7 heteroatoms. The van der Waals surface area contributed by atoms with Gasteiger partial charge in [0.25, 0.3) is 0 Å². The van der Waals surface area contributed by atoms with Crippen LogP contribution in [0.4, 0.5) is 13.2 Å². The van der Waals surface area contributed by atoms with Gasteiger partial charge in [-0.15, -0.1) is 0 Å². The van der Waals surface area contributed by atoms with E-state index in [4.69, 9.17) is 9.47 Å². The van der Waals surface area contributed by atoms with Crippen LogP contribution in [0, 0.1) is 11.8 Å². The molecule has 2 rings (SSSR count). The molecular weight excluding hydrogens is 433 g/mol. The molecule has 4 nitrogen and oxygen atoms in total. The molecule has 0 aliphatic heterocycles. The van der Waals surface area contributed by atoms with E-state index in [9.17, 15) is 22.8 Å². The quantitative estimate of drug-likeness (QED) is 0.179. The summed E-state index contributed by atoms with van der Waals surface area (Å²) in [6.07, 6.45) is 6.28. The van der Waals surface area contributed by atoms with Gasteiger partial charge in [-0.3, -0.25) is 9.59 Å². The molecule has 0 spiro atoms. The second kappa shape index (κ2) is 13.4. The van der Waals surface area contributed by atoms with Gasteiger partial charge in [-0.1, -0.05) is 18.2 Å². The summed E-state index contributed by atoms with van der Waals surface area (Å²) in [6, 6.07) is 4.92. The van der Waals surface area contributed by atoms with Crippen LogP contribution in [0.5, 0.6) is 5.75 Å². The lowest BCUT2D eigenvalue weighted by atomic mass is 9.88. The zero-order chi connectivity index (χ0) is 24.3. The predicted molar refractivity (Wildman–Crippen MR) is 121 cm³/mol. The van der Waals surface area contributed by atoms with Crippen LogP contribution in [0.2, 0.25) is 0 Å². The fraction of sp³-hybridized carbons (Fsp3) is 0.615. The highest BCUT2D eigenvalue weighted by Gasteiger charge is 2.33. The first-order valence-electron chi connectivity index (χ1n) is 11.8. The average molecular weight is 469 g/mol. The van der Waals surface area contributed by atoms with Crippen LogP contribution in [0.1, 0.15) is 77.2 Å². The fourth-order valence-electron chi connectivity index (χ4n) is 4.15. The van der Waals surface area contributed by atoms with Crippen molar-refractivity contribution in [2.45, 2.75) is 83.9 Å². The van der Waals surface area contributed by atoms with Crippen LogP contribution in [-0.4, -0.2) is 24.5 Å². The topological polar surface area (TPSA) is 52.6 Å². The number of benzene rings is 1. The molecule has 0 saturated heterocycles. The third-order valence-electron chi connectivity index (χ3n) is 5.82. The third kappa shape index (κ3) is 10.0. The Balaban J connectivity index is 1.65. The first-order chi connectivity index (χ1) is 15.7. The summed E-state index contributed by atoms with van der Waals surface area (Å²) in [5, 5.41) is 0. The molecule has 1 saturated carbocycles. The molecule has 184 valence electrons. The molecule has 1 aromatic carbocycles. The van der Waals surface area contributed by atoms with E-state index in [0.717, 1.165) is 57.1 Å². The van der Waals surface area contributed by atoms with Gasteiger partial charge in [-0.2, -0.15) is 13.2 Å². The molecule has 1 aliphatic rings. The molecule has 0 aromatic heterocycles. The van der Waals surface area contributed by atoms with E-state index in [1.54, 1.807) is 0 Å². The van der Waals surface area contributed by atoms with E-state index in [0.29, 0.717) is 31.1 Å². The molecular formula is C26H35F3O4. The second-order valence-electron chi connectivity index (χ2n) is 8.88. The highest BCUT2D eigenvalue weighted by atomic mass is 19.4. The highest BCUT2D eigenvalue weighted by Crippen LogP contribution is 2.35. The number of allylic oxidation sites excluding steroid dienone is 2. The molecule has 1 aromatic rings. The monoisotopic (exact) mass is 468 g/mol. The third-order valence-corrected chi connectivity index (χ3v) is 5.82. The Hall–Kier alpha value is -2.31. The lowest BCUT2D eigenvalue weighted by Crippen LogP contribution is -2.14. The highest BCUT2D eigenvalue weighted by molar-refractivity contribution is 5.83. The number of ketones is 1. The van der Waals surface area contributed by atoms with E-state index in [1.165, 1.54) is 12.1 Å².